The fourth-order valence-electron chi connectivity index (χ4n) is 3.01. The molecule has 3 N–H and O–H groups in total. The molecule has 5 nitrogen and oxygen atoms in total. The van der Waals surface area contributed by atoms with Crippen LogP contribution in [0.3, 0.4) is 0 Å². The minimum Gasteiger partial charge on any atom is -0.508 e. The van der Waals surface area contributed by atoms with Gasteiger partial charge in [-0.25, -0.2) is 0 Å². The summed E-state index contributed by atoms with van der Waals surface area (Å²) in [4.78, 5) is 16.7. The van der Waals surface area contributed by atoms with Crippen LogP contribution in [0.1, 0.15) is 32.3 Å². The van der Waals surface area contributed by atoms with E-state index in [1.807, 2.05) is 30.9 Å². The molecular weight excluding hydrogens is 349 g/mol. The van der Waals surface area contributed by atoms with Gasteiger partial charge in [0.05, 0.1) is 5.54 Å². The quantitative estimate of drug-likeness (QED) is 0.826. The van der Waals surface area contributed by atoms with Crippen LogP contribution in [0, 0.1) is 0 Å². The monoisotopic (exact) mass is 377 g/mol. The second kappa shape index (κ2) is 10.1. The van der Waals surface area contributed by atoms with E-state index < -0.39 is 5.54 Å². The number of hydrogen-bond acceptors (Lipinski definition) is 4. The van der Waals surface area contributed by atoms with Gasteiger partial charge in [-0.3, -0.25) is 9.69 Å². The largest absolute Gasteiger partial charge is 0.508 e. The van der Waals surface area contributed by atoms with Crippen LogP contribution in [0.25, 0.3) is 0 Å². The number of phenolic OH excluding ortho intramolecular Hbond substituents is 1. The van der Waals surface area contributed by atoms with E-state index in [2.05, 4.69) is 4.90 Å². The highest BCUT2D eigenvalue weighted by molar-refractivity contribution is 5.86. The molecule has 1 aliphatic heterocycles. The molecule has 138 valence electrons. The fraction of sp³-hybridized carbons (Fsp3) is 0.588. The zero-order chi connectivity index (χ0) is 16.2. The number of carbonyl (C=O) groups excluding carboxylic acids is 1. The molecule has 1 fully saturated rings. The van der Waals surface area contributed by atoms with Gasteiger partial charge in [0, 0.05) is 32.7 Å². The lowest BCUT2D eigenvalue weighted by atomic mass is 9.95. The lowest BCUT2D eigenvalue weighted by Gasteiger charge is -2.38. The Hall–Kier alpha value is -1.01. The number of nitrogens with zero attached hydrogens (tertiary/aromatic N) is 2. The van der Waals surface area contributed by atoms with Gasteiger partial charge in [0.15, 0.2) is 0 Å². The zero-order valence-corrected chi connectivity index (χ0v) is 16.0. The van der Waals surface area contributed by atoms with Crippen molar-refractivity contribution in [2.75, 3.05) is 26.2 Å². The lowest BCUT2D eigenvalue weighted by Crippen LogP contribution is -2.58. The van der Waals surface area contributed by atoms with Crippen molar-refractivity contribution in [2.45, 2.75) is 38.8 Å². The van der Waals surface area contributed by atoms with Crippen LogP contribution in [-0.4, -0.2) is 52.5 Å². The first-order valence-corrected chi connectivity index (χ1v) is 8.01. The first-order chi connectivity index (χ1) is 10.4. The van der Waals surface area contributed by atoms with Crippen molar-refractivity contribution in [3.8, 4) is 5.75 Å². The molecule has 1 aromatic carbocycles. The second-order valence-corrected chi connectivity index (χ2v) is 6.41. The first-order valence-electron chi connectivity index (χ1n) is 8.01. The van der Waals surface area contributed by atoms with Gasteiger partial charge in [-0.2, -0.15) is 0 Å². The molecule has 1 atom stereocenters. The van der Waals surface area contributed by atoms with Gasteiger partial charge in [-0.05, 0) is 31.0 Å². The van der Waals surface area contributed by atoms with Crippen molar-refractivity contribution in [1.29, 1.82) is 0 Å². The maximum atomic E-state index is 12.5. The van der Waals surface area contributed by atoms with Crippen LogP contribution >= 0.6 is 24.8 Å². The normalized spacial score (nSPS) is 17.4. The summed E-state index contributed by atoms with van der Waals surface area (Å²) >= 11 is 0. The molecule has 1 aliphatic rings. The summed E-state index contributed by atoms with van der Waals surface area (Å²) < 4.78 is 0. The van der Waals surface area contributed by atoms with E-state index in [0.717, 1.165) is 38.0 Å². The Morgan fingerprint density at radius 2 is 1.88 bits per heavy atom. The average Bonchev–Trinajstić information content (AvgIpc) is 2.47. The summed E-state index contributed by atoms with van der Waals surface area (Å²) in [5, 5.41) is 9.51. The number of amides is 1. The number of benzene rings is 1. The summed E-state index contributed by atoms with van der Waals surface area (Å²) in [6, 6.07) is 7.33. The Bertz CT molecular complexity index is 518. The molecule has 1 amide bonds. The number of hydrogen-bond donors (Lipinski definition) is 2. The molecule has 0 aliphatic carbocycles. The summed E-state index contributed by atoms with van der Waals surface area (Å²) in [5.74, 6) is 0.358. The highest BCUT2D eigenvalue weighted by Gasteiger charge is 2.33. The van der Waals surface area contributed by atoms with Crippen molar-refractivity contribution >= 4 is 30.7 Å². The Morgan fingerprint density at radius 1 is 1.25 bits per heavy atom. The number of carbonyl (C=O) groups is 1. The molecular formula is C17H29Cl2N3O2. The lowest BCUT2D eigenvalue weighted by molar-refractivity contribution is -0.138. The van der Waals surface area contributed by atoms with Crippen molar-refractivity contribution in [3.63, 3.8) is 0 Å². The van der Waals surface area contributed by atoms with Gasteiger partial charge in [0.1, 0.15) is 5.75 Å². The summed E-state index contributed by atoms with van der Waals surface area (Å²) in [7, 11) is 0. The minimum atomic E-state index is -0.748. The molecule has 0 bridgehead atoms. The topological polar surface area (TPSA) is 69.8 Å². The minimum absolute atomic E-state index is 0. The molecule has 0 spiro atoms. The van der Waals surface area contributed by atoms with Gasteiger partial charge in [0.25, 0.3) is 0 Å². The van der Waals surface area contributed by atoms with Gasteiger partial charge in [0.2, 0.25) is 5.91 Å². The van der Waals surface area contributed by atoms with Gasteiger partial charge in [-0.1, -0.05) is 25.5 Å². The Morgan fingerprint density at radius 3 is 2.42 bits per heavy atom. The van der Waals surface area contributed by atoms with E-state index in [9.17, 15) is 9.90 Å². The first kappa shape index (κ1) is 23.0. The molecule has 1 saturated heterocycles. The van der Waals surface area contributed by atoms with Crippen molar-refractivity contribution in [1.82, 2.24) is 9.80 Å². The Labute approximate surface area is 157 Å². The fourth-order valence-corrected chi connectivity index (χ4v) is 3.01. The van der Waals surface area contributed by atoms with Gasteiger partial charge in [-0.15, -0.1) is 24.8 Å². The van der Waals surface area contributed by atoms with E-state index in [4.69, 9.17) is 5.73 Å². The Kier molecular flexibility index (Phi) is 9.66. The van der Waals surface area contributed by atoms with Gasteiger partial charge >= 0.3 is 0 Å². The van der Waals surface area contributed by atoms with Crippen LogP contribution < -0.4 is 5.73 Å². The SMILES string of the molecule is CCCC(C)(N)C(=O)N1CCN(Cc2cccc(O)c2)CC1.Cl.Cl. The Balaban J connectivity index is 0.00000264. The number of rotatable bonds is 5. The number of aromatic hydroxyl groups is 1. The van der Waals surface area contributed by atoms with E-state index in [1.54, 1.807) is 12.1 Å². The van der Waals surface area contributed by atoms with Gasteiger partial charge < -0.3 is 15.7 Å². The van der Waals surface area contributed by atoms with Crippen molar-refractivity contribution < 1.29 is 9.90 Å². The van der Waals surface area contributed by atoms with Crippen LogP contribution in [0.5, 0.6) is 5.75 Å². The third-order valence-corrected chi connectivity index (χ3v) is 4.23. The number of halogens is 2. The molecule has 2 rings (SSSR count). The maximum absolute atomic E-state index is 12.5. The van der Waals surface area contributed by atoms with E-state index in [1.165, 1.54) is 0 Å². The van der Waals surface area contributed by atoms with E-state index in [0.29, 0.717) is 18.8 Å². The summed E-state index contributed by atoms with van der Waals surface area (Å²) in [5.41, 5.74) is 6.49. The number of nitrogens with two attached hydrogens (primary N) is 1. The number of piperazine rings is 1. The standard InChI is InChI=1S/C17H27N3O2.2ClH/c1-3-7-17(2,18)16(22)20-10-8-19(9-11-20)13-14-5-4-6-15(21)12-14;;/h4-6,12,21H,3,7-11,13,18H2,1-2H3;2*1H. The predicted octanol–water partition coefficient (Wildman–Crippen LogP) is 2.40. The van der Waals surface area contributed by atoms with Crippen LogP contribution in [-0.2, 0) is 11.3 Å². The van der Waals surface area contributed by atoms with Crippen LogP contribution in [0.2, 0.25) is 0 Å². The highest BCUT2D eigenvalue weighted by Crippen LogP contribution is 2.17. The van der Waals surface area contributed by atoms with E-state index in [-0.39, 0.29) is 30.7 Å². The second-order valence-electron chi connectivity index (χ2n) is 6.41. The third kappa shape index (κ3) is 6.13. The molecule has 0 saturated carbocycles. The maximum Gasteiger partial charge on any atom is 0.242 e. The highest BCUT2D eigenvalue weighted by atomic mass is 35.5. The third-order valence-electron chi connectivity index (χ3n) is 4.23. The molecule has 1 heterocycles. The molecule has 0 aromatic heterocycles. The predicted molar refractivity (Wildman–Crippen MR) is 102 cm³/mol. The van der Waals surface area contributed by atoms with Crippen LogP contribution in [0.4, 0.5) is 0 Å². The smallest absolute Gasteiger partial charge is 0.242 e. The van der Waals surface area contributed by atoms with E-state index >= 15 is 0 Å². The zero-order valence-electron chi connectivity index (χ0n) is 14.4. The molecule has 1 aromatic rings. The number of phenols is 1. The van der Waals surface area contributed by atoms with Crippen molar-refractivity contribution in [2.24, 2.45) is 5.73 Å². The summed E-state index contributed by atoms with van der Waals surface area (Å²) in [6.45, 7) is 7.78. The van der Waals surface area contributed by atoms with Crippen molar-refractivity contribution in [3.05, 3.63) is 29.8 Å². The molecule has 0 radical (unpaired) electrons. The van der Waals surface area contributed by atoms with Crippen LogP contribution in [0.15, 0.2) is 24.3 Å². The average molecular weight is 378 g/mol. The molecule has 24 heavy (non-hydrogen) atoms. The summed E-state index contributed by atoms with van der Waals surface area (Å²) in [6.07, 6.45) is 1.63. The molecule has 1 unspecified atom stereocenters. The molecule has 7 heteroatoms.